The maximum absolute atomic E-state index is 15.0. The SMILES string of the molecule is O=P(c1ccccc1)(c1ccc(Oc2ccc(C3=NCCO3)cc2)cc1)c1ccc(Oc2ccc(C3=NCCO3)cc2)cc1. The van der Waals surface area contributed by atoms with Crippen LogP contribution in [0.5, 0.6) is 23.0 Å². The lowest BCUT2D eigenvalue weighted by Crippen LogP contribution is -2.24. The molecule has 0 bridgehead atoms. The molecule has 0 aliphatic carbocycles. The zero-order valence-corrected chi connectivity index (χ0v) is 24.7. The molecule has 0 N–H and O–H groups in total. The molecule has 0 saturated carbocycles. The van der Waals surface area contributed by atoms with Crippen molar-refractivity contribution in [2.75, 3.05) is 26.3 Å². The molecule has 0 spiro atoms. The van der Waals surface area contributed by atoms with Crippen LogP contribution in [0.25, 0.3) is 0 Å². The first-order chi connectivity index (χ1) is 21.6. The van der Waals surface area contributed by atoms with Crippen LogP contribution in [0.2, 0.25) is 0 Å². The molecule has 7 nitrogen and oxygen atoms in total. The maximum Gasteiger partial charge on any atom is 0.216 e. The molecule has 0 saturated heterocycles. The minimum absolute atomic E-state index is 0.618. The van der Waals surface area contributed by atoms with Crippen LogP contribution in [-0.2, 0) is 14.0 Å². The first kappa shape index (κ1) is 27.7. The highest BCUT2D eigenvalue weighted by Gasteiger charge is 2.30. The van der Waals surface area contributed by atoms with Gasteiger partial charge in [0, 0.05) is 27.0 Å². The Bertz CT molecular complexity index is 1740. The average Bonchev–Trinajstić information content (AvgIpc) is 3.82. The van der Waals surface area contributed by atoms with Gasteiger partial charge < -0.3 is 23.5 Å². The van der Waals surface area contributed by atoms with E-state index in [4.69, 9.17) is 18.9 Å². The summed E-state index contributed by atoms with van der Waals surface area (Å²) in [6.45, 7) is 2.61. The third-order valence-corrected chi connectivity index (χ3v) is 10.4. The first-order valence-corrected chi connectivity index (χ1v) is 16.1. The lowest BCUT2D eigenvalue weighted by molar-refractivity contribution is 0.348. The fourth-order valence-electron chi connectivity index (χ4n) is 5.16. The van der Waals surface area contributed by atoms with Gasteiger partial charge >= 0.3 is 0 Å². The van der Waals surface area contributed by atoms with Gasteiger partial charge in [0.2, 0.25) is 11.8 Å². The lowest BCUT2D eigenvalue weighted by Gasteiger charge is -2.20. The van der Waals surface area contributed by atoms with E-state index in [9.17, 15) is 4.57 Å². The molecule has 5 aromatic rings. The summed E-state index contributed by atoms with van der Waals surface area (Å²) in [6.07, 6.45) is 0. The van der Waals surface area contributed by atoms with Gasteiger partial charge in [-0.05, 0) is 97.1 Å². The monoisotopic (exact) mass is 600 g/mol. The van der Waals surface area contributed by atoms with Crippen molar-refractivity contribution >= 4 is 34.9 Å². The van der Waals surface area contributed by atoms with Crippen molar-refractivity contribution in [1.82, 2.24) is 0 Å². The molecule has 2 heterocycles. The summed E-state index contributed by atoms with van der Waals surface area (Å²) in [5.41, 5.74) is 1.85. The molecule has 0 amide bonds. The van der Waals surface area contributed by atoms with Crippen molar-refractivity contribution in [3.63, 3.8) is 0 Å². The highest BCUT2D eigenvalue weighted by molar-refractivity contribution is 7.85. The summed E-state index contributed by atoms with van der Waals surface area (Å²) < 4.78 is 38.2. The summed E-state index contributed by atoms with van der Waals surface area (Å²) in [4.78, 5) is 8.71. The number of hydrogen-bond acceptors (Lipinski definition) is 7. The van der Waals surface area contributed by atoms with Gasteiger partial charge in [0.15, 0.2) is 7.14 Å². The van der Waals surface area contributed by atoms with E-state index >= 15 is 0 Å². The highest BCUT2D eigenvalue weighted by atomic mass is 31.2. The molecule has 2 aliphatic heterocycles. The normalized spacial score (nSPS) is 14.3. The van der Waals surface area contributed by atoms with E-state index in [0.717, 1.165) is 16.4 Å². The minimum atomic E-state index is -3.18. The molecule has 2 aliphatic rings. The molecule has 0 aromatic heterocycles. The molecule has 0 unspecified atom stereocenters. The van der Waals surface area contributed by atoms with E-state index in [1.807, 2.05) is 127 Å². The Hall–Kier alpha value is -5.13. The fourth-order valence-corrected chi connectivity index (χ4v) is 7.78. The molecule has 218 valence electrons. The second-order valence-electron chi connectivity index (χ2n) is 10.3. The second kappa shape index (κ2) is 12.2. The molecule has 5 aromatic carbocycles. The molecular formula is C36H29N2O5P. The highest BCUT2D eigenvalue weighted by Crippen LogP contribution is 2.43. The Kier molecular flexibility index (Phi) is 7.70. The standard InChI is InChI=1S/C36H29N2O5P/c39-44(32-4-2-1-3-5-32,33-18-14-30(15-19-33)42-28-10-6-26(7-11-28)35-37-22-24-40-35)34-20-16-31(17-21-34)43-29-12-8-27(9-13-29)36-38-23-25-41-36/h1-21H,22-25H2. The minimum Gasteiger partial charge on any atom is -0.476 e. The third-order valence-electron chi connectivity index (χ3n) is 7.37. The topological polar surface area (TPSA) is 78.7 Å². The van der Waals surface area contributed by atoms with Crippen LogP contribution < -0.4 is 25.4 Å². The third kappa shape index (κ3) is 5.75. The Balaban J connectivity index is 1.10. The summed E-state index contributed by atoms with van der Waals surface area (Å²) >= 11 is 0. The van der Waals surface area contributed by atoms with Crippen molar-refractivity contribution in [2.24, 2.45) is 9.98 Å². The Morgan fingerprint density at radius 1 is 0.477 bits per heavy atom. The van der Waals surface area contributed by atoms with E-state index in [1.165, 1.54) is 0 Å². The van der Waals surface area contributed by atoms with Crippen LogP contribution in [0.4, 0.5) is 0 Å². The van der Waals surface area contributed by atoms with Crippen LogP contribution in [0, 0.1) is 0 Å². The van der Waals surface area contributed by atoms with Gasteiger partial charge in [-0.1, -0.05) is 30.3 Å². The van der Waals surface area contributed by atoms with Gasteiger partial charge in [-0.2, -0.15) is 0 Å². The predicted octanol–water partition coefficient (Wildman–Crippen LogP) is 6.46. The molecule has 7 rings (SSSR count). The number of nitrogens with zero attached hydrogens (tertiary/aromatic N) is 2. The van der Waals surface area contributed by atoms with E-state index in [0.29, 0.717) is 71.7 Å². The number of benzene rings is 5. The molecule has 0 radical (unpaired) electrons. The van der Waals surface area contributed by atoms with Gasteiger partial charge in [-0.15, -0.1) is 0 Å². The van der Waals surface area contributed by atoms with Crippen molar-refractivity contribution in [1.29, 1.82) is 0 Å². The zero-order chi connectivity index (χ0) is 29.8. The maximum atomic E-state index is 15.0. The van der Waals surface area contributed by atoms with Gasteiger partial charge in [-0.25, -0.2) is 9.98 Å². The molecule has 8 heteroatoms. The van der Waals surface area contributed by atoms with Crippen LogP contribution in [0.3, 0.4) is 0 Å². The fraction of sp³-hybridized carbons (Fsp3) is 0.111. The second-order valence-corrected chi connectivity index (χ2v) is 13.0. The van der Waals surface area contributed by atoms with Gasteiger partial charge in [-0.3, -0.25) is 0 Å². The summed E-state index contributed by atoms with van der Waals surface area (Å²) in [6, 6.07) is 39.8. The van der Waals surface area contributed by atoms with E-state index in [2.05, 4.69) is 9.98 Å². The Morgan fingerprint density at radius 2 is 0.841 bits per heavy atom. The molecule has 44 heavy (non-hydrogen) atoms. The van der Waals surface area contributed by atoms with E-state index in [-0.39, 0.29) is 0 Å². The number of hydrogen-bond donors (Lipinski definition) is 0. The predicted molar refractivity (Wildman–Crippen MR) is 174 cm³/mol. The van der Waals surface area contributed by atoms with Crippen molar-refractivity contribution in [2.45, 2.75) is 0 Å². The van der Waals surface area contributed by atoms with Crippen LogP contribution in [-0.4, -0.2) is 38.1 Å². The Labute approximate surface area is 255 Å². The van der Waals surface area contributed by atoms with E-state index < -0.39 is 7.14 Å². The van der Waals surface area contributed by atoms with Gasteiger partial charge in [0.05, 0.1) is 13.1 Å². The molecule has 0 fully saturated rings. The smallest absolute Gasteiger partial charge is 0.216 e. The van der Waals surface area contributed by atoms with Crippen molar-refractivity contribution < 1.29 is 23.5 Å². The van der Waals surface area contributed by atoms with E-state index in [1.54, 1.807) is 0 Å². The lowest BCUT2D eigenvalue weighted by atomic mass is 10.2. The summed E-state index contributed by atoms with van der Waals surface area (Å²) in [7, 11) is -3.18. The number of ether oxygens (including phenoxy) is 4. The van der Waals surface area contributed by atoms with Crippen molar-refractivity contribution in [3.05, 3.63) is 139 Å². The van der Waals surface area contributed by atoms with Crippen LogP contribution >= 0.6 is 7.14 Å². The quantitative estimate of drug-likeness (QED) is 0.182. The number of rotatable bonds is 9. The van der Waals surface area contributed by atoms with Crippen molar-refractivity contribution in [3.8, 4) is 23.0 Å². The molecule has 0 atom stereocenters. The Morgan fingerprint density at radius 3 is 1.20 bits per heavy atom. The van der Waals surface area contributed by atoms with Gasteiger partial charge in [0.25, 0.3) is 0 Å². The van der Waals surface area contributed by atoms with Gasteiger partial charge in [0.1, 0.15) is 36.2 Å². The zero-order valence-electron chi connectivity index (χ0n) is 23.8. The molecular weight excluding hydrogens is 571 g/mol. The summed E-state index contributed by atoms with van der Waals surface area (Å²) in [5.74, 6) is 4.01. The summed E-state index contributed by atoms with van der Waals surface area (Å²) in [5, 5.41) is 2.18. The number of aliphatic imine (C=N–C) groups is 2. The van der Waals surface area contributed by atoms with Crippen LogP contribution in [0.15, 0.2) is 137 Å². The first-order valence-electron chi connectivity index (χ1n) is 14.4. The van der Waals surface area contributed by atoms with Crippen LogP contribution in [0.1, 0.15) is 11.1 Å². The average molecular weight is 601 g/mol. The largest absolute Gasteiger partial charge is 0.476 e.